The summed E-state index contributed by atoms with van der Waals surface area (Å²) in [7, 11) is 0. The summed E-state index contributed by atoms with van der Waals surface area (Å²) in [5, 5.41) is 18.5. The van der Waals surface area contributed by atoms with Crippen LogP contribution in [0.5, 0.6) is 0 Å². The zero-order valence-corrected chi connectivity index (χ0v) is 12.3. The van der Waals surface area contributed by atoms with Crippen LogP contribution in [-0.2, 0) is 0 Å². The van der Waals surface area contributed by atoms with Crippen molar-refractivity contribution in [1.29, 1.82) is 0 Å². The fourth-order valence-corrected chi connectivity index (χ4v) is 2.81. The Labute approximate surface area is 112 Å². The summed E-state index contributed by atoms with van der Waals surface area (Å²) in [4.78, 5) is 0. The number of hydrogen-bond donors (Lipinski definition) is 2. The van der Waals surface area contributed by atoms with Crippen LogP contribution >= 0.6 is 15.9 Å². The highest BCUT2D eigenvalue weighted by atomic mass is 79.9. The molecule has 0 radical (unpaired) electrons. The smallest absolute Gasteiger partial charge is 0.0776 e. The molecular formula is C14H21BrO2. The molecule has 0 heterocycles. The van der Waals surface area contributed by atoms with Gasteiger partial charge in [0.25, 0.3) is 0 Å². The standard InChI is InChI=1S/C14H21BrO2/c1-4-11(7-12(17)8-16)13-5-9(2)10(3)6-14(13)15/h5-6,11-12,16-17H,4,7-8H2,1-3H3. The molecule has 3 heteroatoms. The molecular weight excluding hydrogens is 280 g/mol. The lowest BCUT2D eigenvalue weighted by molar-refractivity contribution is 0.0817. The van der Waals surface area contributed by atoms with Gasteiger partial charge in [-0.05, 0) is 55.4 Å². The molecule has 0 bridgehead atoms. The Kier molecular flexibility index (Phi) is 5.63. The molecule has 0 aliphatic rings. The van der Waals surface area contributed by atoms with Gasteiger partial charge in [0.2, 0.25) is 0 Å². The minimum atomic E-state index is -0.631. The van der Waals surface area contributed by atoms with E-state index in [1.807, 2.05) is 0 Å². The van der Waals surface area contributed by atoms with Crippen LogP contribution < -0.4 is 0 Å². The van der Waals surface area contributed by atoms with Crippen LogP contribution in [0.2, 0.25) is 0 Å². The molecule has 1 aromatic carbocycles. The van der Waals surface area contributed by atoms with Crippen molar-refractivity contribution < 1.29 is 10.2 Å². The fourth-order valence-electron chi connectivity index (χ4n) is 2.03. The van der Waals surface area contributed by atoms with E-state index in [4.69, 9.17) is 5.11 Å². The van der Waals surface area contributed by atoms with Gasteiger partial charge in [-0.2, -0.15) is 0 Å². The molecule has 96 valence electrons. The van der Waals surface area contributed by atoms with Crippen molar-refractivity contribution in [2.24, 2.45) is 0 Å². The third-order valence-electron chi connectivity index (χ3n) is 3.31. The fraction of sp³-hybridized carbons (Fsp3) is 0.571. The zero-order chi connectivity index (χ0) is 13.0. The van der Waals surface area contributed by atoms with Gasteiger partial charge in [-0.25, -0.2) is 0 Å². The summed E-state index contributed by atoms with van der Waals surface area (Å²) >= 11 is 3.59. The molecule has 0 fully saturated rings. The van der Waals surface area contributed by atoms with Crippen molar-refractivity contribution in [3.8, 4) is 0 Å². The first-order valence-electron chi connectivity index (χ1n) is 6.05. The van der Waals surface area contributed by atoms with Gasteiger partial charge in [-0.15, -0.1) is 0 Å². The SMILES string of the molecule is CCC(CC(O)CO)c1cc(C)c(C)cc1Br. The molecule has 2 unspecified atom stereocenters. The lowest BCUT2D eigenvalue weighted by atomic mass is 9.89. The molecule has 0 saturated carbocycles. The van der Waals surface area contributed by atoms with Gasteiger partial charge >= 0.3 is 0 Å². The maximum Gasteiger partial charge on any atom is 0.0776 e. The maximum absolute atomic E-state index is 9.57. The molecule has 1 aromatic rings. The van der Waals surface area contributed by atoms with Crippen molar-refractivity contribution in [3.63, 3.8) is 0 Å². The third kappa shape index (κ3) is 3.80. The highest BCUT2D eigenvalue weighted by molar-refractivity contribution is 9.10. The summed E-state index contributed by atoms with van der Waals surface area (Å²) in [6.07, 6.45) is 0.931. The minimum absolute atomic E-state index is 0.168. The van der Waals surface area contributed by atoms with Gasteiger partial charge in [0.15, 0.2) is 0 Å². The van der Waals surface area contributed by atoms with Crippen LogP contribution in [0.15, 0.2) is 16.6 Å². The number of halogens is 1. The Balaban J connectivity index is 2.99. The molecule has 0 aliphatic heterocycles. The Morgan fingerprint density at radius 1 is 1.24 bits per heavy atom. The topological polar surface area (TPSA) is 40.5 Å². The lowest BCUT2D eigenvalue weighted by Crippen LogP contribution is -2.16. The van der Waals surface area contributed by atoms with E-state index in [9.17, 15) is 5.11 Å². The van der Waals surface area contributed by atoms with Crippen LogP contribution in [0.3, 0.4) is 0 Å². The summed E-state index contributed by atoms with van der Waals surface area (Å²) in [5.41, 5.74) is 3.75. The number of hydrogen-bond acceptors (Lipinski definition) is 2. The van der Waals surface area contributed by atoms with Gasteiger partial charge in [-0.1, -0.05) is 28.9 Å². The largest absolute Gasteiger partial charge is 0.394 e. The second-order valence-corrected chi connectivity index (χ2v) is 5.49. The third-order valence-corrected chi connectivity index (χ3v) is 4.00. The lowest BCUT2D eigenvalue weighted by Gasteiger charge is -2.20. The first kappa shape index (κ1) is 14.7. The van der Waals surface area contributed by atoms with E-state index >= 15 is 0 Å². The summed E-state index contributed by atoms with van der Waals surface area (Å²) in [6, 6.07) is 4.30. The Morgan fingerprint density at radius 2 is 1.82 bits per heavy atom. The molecule has 1 rings (SSSR count). The van der Waals surface area contributed by atoms with Crippen LogP contribution in [0.1, 0.15) is 42.4 Å². The Bertz CT molecular complexity index is 377. The van der Waals surface area contributed by atoms with Crippen LogP contribution in [0.4, 0.5) is 0 Å². The number of aryl methyl sites for hydroxylation is 2. The summed E-state index contributed by atoms with van der Waals surface area (Å²) in [5.74, 6) is 0.283. The van der Waals surface area contributed by atoms with Crippen molar-refractivity contribution in [2.75, 3.05) is 6.61 Å². The number of rotatable bonds is 5. The van der Waals surface area contributed by atoms with E-state index in [0.29, 0.717) is 6.42 Å². The first-order valence-corrected chi connectivity index (χ1v) is 6.84. The molecule has 2 N–H and O–H groups in total. The van der Waals surface area contributed by atoms with Gasteiger partial charge in [0.05, 0.1) is 12.7 Å². The van der Waals surface area contributed by atoms with Gasteiger partial charge in [-0.3, -0.25) is 0 Å². The minimum Gasteiger partial charge on any atom is -0.394 e. The highest BCUT2D eigenvalue weighted by Crippen LogP contribution is 2.32. The van der Waals surface area contributed by atoms with E-state index in [1.165, 1.54) is 16.7 Å². The van der Waals surface area contributed by atoms with Gasteiger partial charge in [0.1, 0.15) is 0 Å². The maximum atomic E-state index is 9.57. The molecule has 2 atom stereocenters. The molecule has 17 heavy (non-hydrogen) atoms. The van der Waals surface area contributed by atoms with E-state index in [2.05, 4.69) is 48.8 Å². The second-order valence-electron chi connectivity index (χ2n) is 4.64. The van der Waals surface area contributed by atoms with Crippen molar-refractivity contribution >= 4 is 15.9 Å². The normalized spacial score (nSPS) is 14.7. The first-order chi connectivity index (χ1) is 7.99. The monoisotopic (exact) mass is 300 g/mol. The predicted octanol–water partition coefficient (Wildman–Crippen LogP) is 3.30. The number of aliphatic hydroxyl groups is 2. The van der Waals surface area contributed by atoms with Gasteiger partial charge < -0.3 is 10.2 Å². The Hall–Kier alpha value is -0.380. The summed E-state index contributed by atoms with van der Waals surface area (Å²) < 4.78 is 1.09. The number of benzene rings is 1. The van der Waals surface area contributed by atoms with Gasteiger partial charge in [0, 0.05) is 4.47 Å². The van der Waals surface area contributed by atoms with E-state index in [-0.39, 0.29) is 12.5 Å². The average Bonchev–Trinajstić information content (AvgIpc) is 2.30. The van der Waals surface area contributed by atoms with Crippen LogP contribution in [0.25, 0.3) is 0 Å². The quantitative estimate of drug-likeness (QED) is 0.876. The van der Waals surface area contributed by atoms with Crippen molar-refractivity contribution in [2.45, 2.75) is 45.6 Å². The Morgan fingerprint density at radius 3 is 2.35 bits per heavy atom. The molecule has 2 nitrogen and oxygen atoms in total. The molecule has 0 spiro atoms. The van der Waals surface area contributed by atoms with Crippen molar-refractivity contribution in [1.82, 2.24) is 0 Å². The molecule has 0 aliphatic carbocycles. The predicted molar refractivity (Wildman–Crippen MR) is 74.4 cm³/mol. The highest BCUT2D eigenvalue weighted by Gasteiger charge is 2.17. The summed E-state index contributed by atoms with van der Waals surface area (Å²) in [6.45, 7) is 6.13. The van der Waals surface area contributed by atoms with E-state index in [1.54, 1.807) is 0 Å². The van der Waals surface area contributed by atoms with E-state index < -0.39 is 6.10 Å². The average molecular weight is 301 g/mol. The zero-order valence-electron chi connectivity index (χ0n) is 10.7. The molecule has 0 amide bonds. The van der Waals surface area contributed by atoms with Crippen molar-refractivity contribution in [3.05, 3.63) is 33.3 Å². The molecule has 0 aromatic heterocycles. The number of aliphatic hydroxyl groups excluding tert-OH is 2. The van der Waals surface area contributed by atoms with Crippen LogP contribution in [-0.4, -0.2) is 22.9 Å². The molecule has 0 saturated heterocycles. The van der Waals surface area contributed by atoms with Crippen LogP contribution in [0, 0.1) is 13.8 Å². The second kappa shape index (κ2) is 6.53. The van der Waals surface area contributed by atoms with E-state index in [0.717, 1.165) is 10.9 Å².